The lowest BCUT2D eigenvalue weighted by molar-refractivity contribution is 0.218. The number of hydrogen-bond donors (Lipinski definition) is 2. The van der Waals surface area contributed by atoms with Crippen molar-refractivity contribution in [2.24, 2.45) is 5.92 Å². The zero-order valence-corrected chi connectivity index (χ0v) is 16.3. The van der Waals surface area contributed by atoms with Gasteiger partial charge in [-0.1, -0.05) is 19.1 Å². The third-order valence-corrected chi connectivity index (χ3v) is 5.88. The average molecular weight is 389 g/mol. The highest BCUT2D eigenvalue weighted by molar-refractivity contribution is 7.96. The quantitative estimate of drug-likeness (QED) is 0.826. The van der Waals surface area contributed by atoms with Gasteiger partial charge in [-0.15, -0.1) is 0 Å². The van der Waals surface area contributed by atoms with Gasteiger partial charge in [0.1, 0.15) is 10.7 Å². The minimum absolute atomic E-state index is 0.0799. The highest BCUT2D eigenvalue weighted by Gasteiger charge is 2.23. The van der Waals surface area contributed by atoms with Crippen LogP contribution in [0.4, 0.5) is 16.2 Å². The van der Waals surface area contributed by atoms with E-state index >= 15 is 0 Å². The molecule has 1 unspecified atom stereocenters. The maximum Gasteiger partial charge on any atom is 0.321 e. The topological polar surface area (TPSA) is 87.7 Å². The average Bonchev–Trinajstić information content (AvgIpc) is 2.59. The number of fused-ring (bicyclic) bond motifs is 1. The molecule has 0 aromatic heterocycles. The van der Waals surface area contributed by atoms with Crippen molar-refractivity contribution in [2.45, 2.75) is 19.9 Å². The SMILES string of the molecule is COC1=C(S(=O)(=O)Nc2ccc3c(c2)CN(C)C(=O)N3)C=CCC(C)C=C1. The summed E-state index contributed by atoms with van der Waals surface area (Å²) in [6, 6.07) is 4.85. The zero-order valence-electron chi connectivity index (χ0n) is 15.5. The number of amides is 2. The predicted molar refractivity (Wildman–Crippen MR) is 106 cm³/mol. The summed E-state index contributed by atoms with van der Waals surface area (Å²) in [7, 11) is -0.711. The number of nitrogens with one attached hydrogen (secondary N) is 2. The molecule has 0 spiro atoms. The van der Waals surface area contributed by atoms with Crippen LogP contribution in [-0.4, -0.2) is 33.5 Å². The van der Waals surface area contributed by atoms with Crippen molar-refractivity contribution in [1.82, 2.24) is 4.90 Å². The molecule has 2 amide bonds. The summed E-state index contributed by atoms with van der Waals surface area (Å²) in [4.78, 5) is 13.3. The van der Waals surface area contributed by atoms with Crippen LogP contribution in [0.2, 0.25) is 0 Å². The van der Waals surface area contributed by atoms with E-state index in [9.17, 15) is 13.2 Å². The van der Waals surface area contributed by atoms with Gasteiger partial charge in [-0.25, -0.2) is 13.2 Å². The third kappa shape index (κ3) is 4.16. The van der Waals surface area contributed by atoms with Gasteiger partial charge in [-0.2, -0.15) is 0 Å². The Balaban J connectivity index is 1.92. The highest BCUT2D eigenvalue weighted by atomic mass is 32.2. The zero-order chi connectivity index (χ0) is 19.6. The van der Waals surface area contributed by atoms with Crippen LogP contribution < -0.4 is 10.0 Å². The van der Waals surface area contributed by atoms with Gasteiger partial charge in [0.15, 0.2) is 0 Å². The number of carbonyl (C=O) groups is 1. The van der Waals surface area contributed by atoms with Gasteiger partial charge in [0.05, 0.1) is 7.11 Å². The van der Waals surface area contributed by atoms with Crippen LogP contribution in [-0.2, 0) is 21.3 Å². The molecule has 144 valence electrons. The molecule has 3 rings (SSSR count). The Bertz CT molecular complexity index is 948. The van der Waals surface area contributed by atoms with E-state index < -0.39 is 10.0 Å². The Morgan fingerprint density at radius 3 is 2.81 bits per heavy atom. The lowest BCUT2D eigenvalue weighted by Crippen LogP contribution is -2.35. The Morgan fingerprint density at radius 2 is 2.07 bits per heavy atom. The molecule has 0 saturated carbocycles. The standard InChI is InChI=1S/C19H23N3O4S/c1-13-5-4-6-18(17(26-3)10-7-13)27(24,25)21-15-8-9-16-14(11-15)12-22(2)19(23)20-16/h4,6-11,13,21H,5,12H2,1-3H3,(H,20,23). The lowest BCUT2D eigenvalue weighted by Gasteiger charge is -2.26. The fourth-order valence-electron chi connectivity index (χ4n) is 2.93. The van der Waals surface area contributed by atoms with E-state index in [-0.39, 0.29) is 16.7 Å². The normalized spacial score (nSPS) is 19.9. The van der Waals surface area contributed by atoms with Crippen LogP contribution in [0, 0.1) is 5.92 Å². The molecule has 8 heteroatoms. The van der Waals surface area contributed by atoms with Crippen molar-refractivity contribution in [3.63, 3.8) is 0 Å². The summed E-state index contributed by atoms with van der Waals surface area (Å²) in [5, 5.41) is 2.76. The van der Waals surface area contributed by atoms with E-state index in [0.29, 0.717) is 23.8 Å². The number of ether oxygens (including phenoxy) is 1. The van der Waals surface area contributed by atoms with Crippen LogP contribution in [0.3, 0.4) is 0 Å². The van der Waals surface area contributed by atoms with Crippen LogP contribution >= 0.6 is 0 Å². The summed E-state index contributed by atoms with van der Waals surface area (Å²) >= 11 is 0. The fourth-order valence-corrected chi connectivity index (χ4v) is 4.17. The van der Waals surface area contributed by atoms with Gasteiger partial charge in [0.2, 0.25) is 0 Å². The second-order valence-corrected chi connectivity index (χ2v) is 8.32. The van der Waals surface area contributed by atoms with Crippen molar-refractivity contribution in [2.75, 3.05) is 24.2 Å². The Morgan fingerprint density at radius 1 is 1.30 bits per heavy atom. The first-order valence-electron chi connectivity index (χ1n) is 8.61. The molecule has 0 bridgehead atoms. The van der Waals surface area contributed by atoms with Crippen molar-refractivity contribution >= 4 is 27.4 Å². The molecule has 1 atom stereocenters. The highest BCUT2D eigenvalue weighted by Crippen LogP contribution is 2.28. The lowest BCUT2D eigenvalue weighted by atomic mass is 10.1. The molecule has 1 aromatic carbocycles. The molecule has 1 heterocycles. The molecule has 7 nitrogen and oxygen atoms in total. The molecule has 1 aliphatic heterocycles. The second-order valence-electron chi connectivity index (χ2n) is 6.67. The molecule has 27 heavy (non-hydrogen) atoms. The van der Waals surface area contributed by atoms with Crippen molar-refractivity contribution in [3.8, 4) is 0 Å². The van der Waals surface area contributed by atoms with E-state index in [2.05, 4.69) is 17.0 Å². The number of allylic oxidation sites excluding steroid dienone is 4. The number of nitrogens with zero attached hydrogens (tertiary/aromatic N) is 1. The van der Waals surface area contributed by atoms with Crippen molar-refractivity contribution in [3.05, 3.63) is 58.7 Å². The second kappa shape index (κ2) is 7.48. The third-order valence-electron chi connectivity index (χ3n) is 4.46. The molecule has 1 aliphatic carbocycles. The van der Waals surface area contributed by atoms with E-state index in [1.807, 2.05) is 12.2 Å². The number of anilines is 2. The molecular formula is C19H23N3O4S. The van der Waals surface area contributed by atoms with E-state index in [1.54, 1.807) is 37.4 Å². The monoisotopic (exact) mass is 389 g/mol. The first-order chi connectivity index (χ1) is 12.8. The minimum Gasteiger partial charge on any atom is -0.495 e. The number of hydrogen-bond acceptors (Lipinski definition) is 4. The number of benzene rings is 1. The Kier molecular flexibility index (Phi) is 5.27. The predicted octanol–water partition coefficient (Wildman–Crippen LogP) is 3.42. The summed E-state index contributed by atoms with van der Waals surface area (Å²) in [6.07, 6.45) is 7.78. The van der Waals surface area contributed by atoms with Crippen LogP contribution in [0.15, 0.2) is 53.2 Å². The summed E-state index contributed by atoms with van der Waals surface area (Å²) < 4.78 is 33.8. The van der Waals surface area contributed by atoms with Crippen molar-refractivity contribution < 1.29 is 17.9 Å². The Hall–Kier alpha value is -2.74. The van der Waals surface area contributed by atoms with Crippen LogP contribution in [0.1, 0.15) is 18.9 Å². The molecular weight excluding hydrogens is 366 g/mol. The number of sulfonamides is 1. The van der Waals surface area contributed by atoms with Gasteiger partial charge in [0.25, 0.3) is 10.0 Å². The van der Waals surface area contributed by atoms with E-state index in [1.165, 1.54) is 12.0 Å². The molecule has 0 saturated heterocycles. The van der Waals surface area contributed by atoms with Gasteiger partial charge >= 0.3 is 6.03 Å². The van der Waals surface area contributed by atoms with Gasteiger partial charge in [0, 0.05) is 25.0 Å². The number of methoxy groups -OCH3 is 1. The molecule has 0 radical (unpaired) electrons. The maximum absolute atomic E-state index is 12.9. The number of carbonyl (C=O) groups excluding carboxylic acids is 1. The van der Waals surface area contributed by atoms with Gasteiger partial charge in [-0.3, -0.25) is 4.72 Å². The first kappa shape index (κ1) is 19.0. The summed E-state index contributed by atoms with van der Waals surface area (Å²) in [5.74, 6) is 0.590. The van der Waals surface area contributed by atoms with Crippen LogP contribution in [0.5, 0.6) is 0 Å². The first-order valence-corrected chi connectivity index (χ1v) is 10.1. The molecule has 1 aromatic rings. The van der Waals surface area contributed by atoms with Gasteiger partial charge < -0.3 is 15.0 Å². The van der Waals surface area contributed by atoms with Crippen molar-refractivity contribution in [1.29, 1.82) is 0 Å². The number of urea groups is 1. The number of rotatable bonds is 4. The summed E-state index contributed by atoms with van der Waals surface area (Å²) in [5.41, 5.74) is 1.94. The van der Waals surface area contributed by atoms with E-state index in [0.717, 1.165) is 12.0 Å². The minimum atomic E-state index is -3.84. The van der Waals surface area contributed by atoms with E-state index in [4.69, 9.17) is 4.74 Å². The smallest absolute Gasteiger partial charge is 0.321 e. The van der Waals surface area contributed by atoms with Gasteiger partial charge in [-0.05, 0) is 48.3 Å². The summed E-state index contributed by atoms with van der Waals surface area (Å²) in [6.45, 7) is 2.46. The Labute approximate surface area is 159 Å². The molecule has 2 N–H and O–H groups in total. The molecule has 0 fully saturated rings. The largest absolute Gasteiger partial charge is 0.495 e. The maximum atomic E-state index is 12.9. The fraction of sp³-hybridized carbons (Fsp3) is 0.316. The molecule has 2 aliphatic rings. The van der Waals surface area contributed by atoms with Crippen LogP contribution in [0.25, 0.3) is 0 Å².